The number of ether oxygens (including phenoxy) is 1. The molecule has 0 heterocycles. The van der Waals surface area contributed by atoms with E-state index in [1.165, 1.54) is 0 Å². The van der Waals surface area contributed by atoms with Gasteiger partial charge in [-0.2, -0.15) is 0 Å². The van der Waals surface area contributed by atoms with Gasteiger partial charge in [0.1, 0.15) is 19.2 Å². The SMILES string of the molecule is C=CCCCCCC[C@H](NC(=O)CNC(=O)OCc1ccccc1)C(N)=O. The molecule has 0 saturated carbocycles. The highest BCUT2D eigenvalue weighted by Crippen LogP contribution is 2.08. The lowest BCUT2D eigenvalue weighted by atomic mass is 10.1. The maximum absolute atomic E-state index is 11.9. The largest absolute Gasteiger partial charge is 0.445 e. The molecule has 0 unspecified atom stereocenters. The molecule has 0 fully saturated rings. The first-order valence-corrected chi connectivity index (χ1v) is 9.17. The Labute approximate surface area is 160 Å². The molecule has 0 aliphatic heterocycles. The Morgan fingerprint density at radius 2 is 1.81 bits per heavy atom. The number of nitrogens with one attached hydrogen (secondary N) is 2. The lowest BCUT2D eigenvalue weighted by Crippen LogP contribution is -2.47. The highest BCUT2D eigenvalue weighted by atomic mass is 16.5. The summed E-state index contributed by atoms with van der Waals surface area (Å²) in [4.78, 5) is 35.0. The van der Waals surface area contributed by atoms with Crippen molar-refractivity contribution >= 4 is 17.9 Å². The fourth-order valence-electron chi connectivity index (χ4n) is 2.45. The number of carbonyl (C=O) groups excluding carboxylic acids is 3. The minimum atomic E-state index is -0.737. The molecule has 148 valence electrons. The van der Waals surface area contributed by atoms with E-state index < -0.39 is 23.9 Å². The summed E-state index contributed by atoms with van der Waals surface area (Å²) in [5.41, 5.74) is 6.18. The maximum Gasteiger partial charge on any atom is 0.407 e. The Balaban J connectivity index is 2.23. The third-order valence-electron chi connectivity index (χ3n) is 3.94. The smallest absolute Gasteiger partial charge is 0.407 e. The highest BCUT2D eigenvalue weighted by Gasteiger charge is 2.18. The lowest BCUT2D eigenvalue weighted by molar-refractivity contribution is -0.127. The van der Waals surface area contributed by atoms with Crippen molar-refractivity contribution in [3.63, 3.8) is 0 Å². The number of hydrogen-bond acceptors (Lipinski definition) is 4. The standard InChI is InChI=1S/C20H29N3O4/c1-2-3-4-5-6-10-13-17(19(21)25)23-18(24)14-22-20(26)27-15-16-11-8-7-9-12-16/h2,7-9,11-12,17H,1,3-6,10,13-15H2,(H2,21,25)(H,22,26)(H,23,24)/t17-/m0/s1. The molecule has 0 radical (unpaired) electrons. The number of unbranched alkanes of at least 4 members (excludes halogenated alkanes) is 4. The summed E-state index contributed by atoms with van der Waals surface area (Å²) in [6, 6.07) is 8.47. The minimum Gasteiger partial charge on any atom is -0.445 e. The zero-order valence-corrected chi connectivity index (χ0v) is 15.6. The molecule has 0 aliphatic carbocycles. The zero-order chi connectivity index (χ0) is 19.9. The number of primary amides is 1. The van der Waals surface area contributed by atoms with Gasteiger partial charge in [-0.3, -0.25) is 9.59 Å². The van der Waals surface area contributed by atoms with Crippen molar-refractivity contribution < 1.29 is 19.1 Å². The first-order valence-electron chi connectivity index (χ1n) is 9.17. The molecule has 0 spiro atoms. The fourth-order valence-corrected chi connectivity index (χ4v) is 2.45. The van der Waals surface area contributed by atoms with E-state index in [9.17, 15) is 14.4 Å². The summed E-state index contributed by atoms with van der Waals surface area (Å²) in [6.07, 6.45) is 6.48. The number of hydrogen-bond donors (Lipinski definition) is 3. The number of rotatable bonds is 13. The van der Waals surface area contributed by atoms with Crippen molar-refractivity contribution in [3.8, 4) is 0 Å². The van der Waals surface area contributed by atoms with Gasteiger partial charge in [-0.15, -0.1) is 6.58 Å². The maximum atomic E-state index is 11.9. The van der Waals surface area contributed by atoms with Crippen LogP contribution in [0.25, 0.3) is 0 Å². The molecule has 3 amide bonds. The van der Waals surface area contributed by atoms with Gasteiger partial charge in [0.15, 0.2) is 0 Å². The van der Waals surface area contributed by atoms with Crippen molar-refractivity contribution in [3.05, 3.63) is 48.6 Å². The molecule has 1 aromatic carbocycles. The first kappa shape index (κ1) is 22.2. The average Bonchev–Trinajstić information content (AvgIpc) is 2.67. The van der Waals surface area contributed by atoms with Crippen LogP contribution in [-0.4, -0.2) is 30.5 Å². The second kappa shape index (κ2) is 13.4. The van der Waals surface area contributed by atoms with Crippen LogP contribution in [0.3, 0.4) is 0 Å². The zero-order valence-electron chi connectivity index (χ0n) is 15.6. The molecule has 4 N–H and O–H groups in total. The molecule has 0 bridgehead atoms. The second-order valence-corrected chi connectivity index (χ2v) is 6.22. The Hall–Kier alpha value is -2.83. The second-order valence-electron chi connectivity index (χ2n) is 6.22. The predicted octanol–water partition coefficient (Wildman–Crippen LogP) is 2.41. The minimum absolute atomic E-state index is 0.115. The van der Waals surface area contributed by atoms with E-state index in [0.29, 0.717) is 6.42 Å². The summed E-state index contributed by atoms with van der Waals surface area (Å²) in [7, 11) is 0. The van der Waals surface area contributed by atoms with Crippen LogP contribution in [0.4, 0.5) is 4.79 Å². The van der Waals surface area contributed by atoms with Gasteiger partial charge in [-0.1, -0.05) is 55.7 Å². The number of amides is 3. The van der Waals surface area contributed by atoms with Crippen molar-refractivity contribution in [2.45, 2.75) is 51.2 Å². The number of carbonyl (C=O) groups is 3. The van der Waals surface area contributed by atoms with Gasteiger partial charge in [-0.05, 0) is 24.8 Å². The van der Waals surface area contributed by atoms with Gasteiger partial charge < -0.3 is 21.1 Å². The van der Waals surface area contributed by atoms with Crippen LogP contribution in [-0.2, 0) is 20.9 Å². The van der Waals surface area contributed by atoms with E-state index in [4.69, 9.17) is 10.5 Å². The Morgan fingerprint density at radius 1 is 1.11 bits per heavy atom. The van der Waals surface area contributed by atoms with Gasteiger partial charge in [-0.25, -0.2) is 4.79 Å². The Bertz CT molecular complexity index is 605. The van der Waals surface area contributed by atoms with Gasteiger partial charge in [0.25, 0.3) is 0 Å². The van der Waals surface area contributed by atoms with Crippen molar-refractivity contribution in [2.24, 2.45) is 5.73 Å². The van der Waals surface area contributed by atoms with E-state index in [1.807, 2.05) is 36.4 Å². The third-order valence-corrected chi connectivity index (χ3v) is 3.94. The van der Waals surface area contributed by atoms with Crippen LogP contribution in [0.5, 0.6) is 0 Å². The van der Waals surface area contributed by atoms with Gasteiger partial charge >= 0.3 is 6.09 Å². The topological polar surface area (TPSA) is 111 Å². The van der Waals surface area contributed by atoms with E-state index in [1.54, 1.807) is 0 Å². The quantitative estimate of drug-likeness (QED) is 0.363. The van der Waals surface area contributed by atoms with Gasteiger partial charge in [0.2, 0.25) is 11.8 Å². The van der Waals surface area contributed by atoms with Crippen LogP contribution in [0, 0.1) is 0 Å². The number of nitrogens with two attached hydrogens (primary N) is 1. The van der Waals surface area contributed by atoms with E-state index in [2.05, 4.69) is 17.2 Å². The van der Waals surface area contributed by atoms with E-state index in [-0.39, 0.29) is 13.2 Å². The van der Waals surface area contributed by atoms with Crippen LogP contribution in [0.15, 0.2) is 43.0 Å². The van der Waals surface area contributed by atoms with Gasteiger partial charge in [0, 0.05) is 0 Å². The monoisotopic (exact) mass is 375 g/mol. The normalized spacial score (nSPS) is 11.3. The highest BCUT2D eigenvalue weighted by molar-refractivity contribution is 5.88. The third kappa shape index (κ3) is 10.7. The number of allylic oxidation sites excluding steroid dienone is 1. The molecule has 0 saturated heterocycles. The molecule has 7 heteroatoms. The number of alkyl carbamates (subject to hydrolysis) is 1. The molecule has 7 nitrogen and oxygen atoms in total. The fraction of sp³-hybridized carbons (Fsp3) is 0.450. The average molecular weight is 375 g/mol. The van der Waals surface area contributed by atoms with Crippen LogP contribution < -0.4 is 16.4 Å². The Kier molecular flexibility index (Phi) is 11.0. The van der Waals surface area contributed by atoms with Crippen molar-refractivity contribution in [1.29, 1.82) is 0 Å². The predicted molar refractivity (Wildman–Crippen MR) is 104 cm³/mol. The summed E-state index contributed by atoms with van der Waals surface area (Å²) in [5.74, 6) is -1.07. The molecule has 0 aliphatic rings. The summed E-state index contributed by atoms with van der Waals surface area (Å²) in [5, 5.41) is 4.90. The molecule has 27 heavy (non-hydrogen) atoms. The molecule has 0 aromatic heterocycles. The molecule has 1 rings (SSSR count). The molecule has 1 atom stereocenters. The van der Waals surface area contributed by atoms with Crippen LogP contribution in [0.2, 0.25) is 0 Å². The summed E-state index contributed by atoms with van der Waals surface area (Å²) >= 11 is 0. The number of benzene rings is 1. The van der Waals surface area contributed by atoms with Crippen molar-refractivity contribution in [2.75, 3.05) is 6.54 Å². The van der Waals surface area contributed by atoms with Crippen LogP contribution >= 0.6 is 0 Å². The Morgan fingerprint density at radius 3 is 2.48 bits per heavy atom. The van der Waals surface area contributed by atoms with E-state index >= 15 is 0 Å². The van der Waals surface area contributed by atoms with Gasteiger partial charge in [0.05, 0.1) is 0 Å². The molecular formula is C20H29N3O4. The van der Waals surface area contributed by atoms with Crippen LogP contribution in [0.1, 0.15) is 44.1 Å². The lowest BCUT2D eigenvalue weighted by Gasteiger charge is -2.15. The van der Waals surface area contributed by atoms with Crippen molar-refractivity contribution in [1.82, 2.24) is 10.6 Å². The van der Waals surface area contributed by atoms with E-state index in [0.717, 1.165) is 37.7 Å². The summed E-state index contributed by atoms with van der Waals surface area (Å²) in [6.45, 7) is 3.51. The summed E-state index contributed by atoms with van der Waals surface area (Å²) < 4.78 is 5.01. The molecule has 1 aromatic rings. The molecular weight excluding hydrogens is 346 g/mol. The first-order chi connectivity index (χ1) is 13.0.